The molecule has 8 heteroatoms. The van der Waals surface area contributed by atoms with E-state index in [0.29, 0.717) is 17.4 Å². The number of ether oxygens (including phenoxy) is 1. The summed E-state index contributed by atoms with van der Waals surface area (Å²) in [6.07, 6.45) is 7.24. The molecular formula is C23H25N7O. The number of aromatic amines is 1. The summed E-state index contributed by atoms with van der Waals surface area (Å²) in [6.45, 7) is 1.95. The van der Waals surface area contributed by atoms with Gasteiger partial charge < -0.3 is 20.8 Å². The molecule has 1 aromatic carbocycles. The number of pyridine rings is 1. The predicted molar refractivity (Wildman–Crippen MR) is 119 cm³/mol. The van der Waals surface area contributed by atoms with Crippen LogP contribution in [0.1, 0.15) is 24.7 Å². The van der Waals surface area contributed by atoms with Crippen LogP contribution in [0.3, 0.4) is 0 Å². The van der Waals surface area contributed by atoms with Crippen molar-refractivity contribution in [1.29, 1.82) is 0 Å². The van der Waals surface area contributed by atoms with E-state index in [9.17, 15) is 0 Å². The summed E-state index contributed by atoms with van der Waals surface area (Å²) in [5, 5.41) is 3.39. The summed E-state index contributed by atoms with van der Waals surface area (Å²) < 4.78 is 5.61. The molecule has 1 aliphatic rings. The van der Waals surface area contributed by atoms with Crippen molar-refractivity contribution in [3.8, 4) is 28.1 Å². The minimum Gasteiger partial charge on any atom is -0.496 e. The van der Waals surface area contributed by atoms with Crippen LogP contribution < -0.4 is 15.8 Å². The van der Waals surface area contributed by atoms with Gasteiger partial charge in [-0.25, -0.2) is 15.0 Å². The lowest BCUT2D eigenvalue weighted by atomic mass is 9.90. The zero-order valence-electron chi connectivity index (χ0n) is 17.4. The second kappa shape index (κ2) is 8.41. The van der Waals surface area contributed by atoms with E-state index in [0.717, 1.165) is 59.6 Å². The van der Waals surface area contributed by atoms with Crippen molar-refractivity contribution in [2.24, 2.45) is 11.7 Å². The van der Waals surface area contributed by atoms with Crippen molar-refractivity contribution in [3.05, 3.63) is 54.9 Å². The van der Waals surface area contributed by atoms with E-state index in [1.54, 1.807) is 25.8 Å². The van der Waals surface area contributed by atoms with E-state index < -0.39 is 0 Å². The van der Waals surface area contributed by atoms with Gasteiger partial charge in [0.05, 0.1) is 25.2 Å². The van der Waals surface area contributed by atoms with Crippen LogP contribution in [0.5, 0.6) is 5.75 Å². The van der Waals surface area contributed by atoms with Crippen LogP contribution >= 0.6 is 0 Å². The molecule has 1 saturated heterocycles. The Labute approximate surface area is 180 Å². The fraction of sp³-hybridized carbons (Fsp3) is 0.304. The van der Waals surface area contributed by atoms with Gasteiger partial charge in [0.25, 0.3) is 0 Å². The number of hydrogen-bond acceptors (Lipinski definition) is 7. The van der Waals surface area contributed by atoms with Crippen LogP contribution in [0.4, 0.5) is 0 Å². The Morgan fingerprint density at radius 3 is 2.65 bits per heavy atom. The van der Waals surface area contributed by atoms with Crippen LogP contribution in [-0.2, 0) is 0 Å². The van der Waals surface area contributed by atoms with Crippen LogP contribution in [0.25, 0.3) is 33.5 Å². The number of piperidine rings is 1. The van der Waals surface area contributed by atoms with E-state index >= 15 is 0 Å². The number of hydrogen-bond donors (Lipinski definition) is 3. The van der Waals surface area contributed by atoms with E-state index in [2.05, 4.69) is 31.3 Å². The van der Waals surface area contributed by atoms with Crippen molar-refractivity contribution >= 4 is 11.2 Å². The quantitative estimate of drug-likeness (QED) is 0.459. The summed E-state index contributed by atoms with van der Waals surface area (Å²) in [4.78, 5) is 21.3. The second-order valence-electron chi connectivity index (χ2n) is 7.80. The highest BCUT2D eigenvalue weighted by molar-refractivity contribution is 5.89. The second-order valence-corrected chi connectivity index (χ2v) is 7.80. The summed E-state index contributed by atoms with van der Waals surface area (Å²) in [5.74, 6) is 1.79. The average molecular weight is 416 g/mol. The Morgan fingerprint density at radius 2 is 1.87 bits per heavy atom. The molecular weight excluding hydrogens is 390 g/mol. The van der Waals surface area contributed by atoms with Gasteiger partial charge in [0.2, 0.25) is 0 Å². The first-order valence-electron chi connectivity index (χ1n) is 10.5. The Morgan fingerprint density at radius 1 is 1.06 bits per heavy atom. The van der Waals surface area contributed by atoms with Crippen molar-refractivity contribution in [3.63, 3.8) is 0 Å². The molecule has 1 atom stereocenters. The minimum atomic E-state index is -0.222. The molecule has 3 aromatic heterocycles. The topological polar surface area (TPSA) is 115 Å². The van der Waals surface area contributed by atoms with Gasteiger partial charge in [0.1, 0.15) is 17.1 Å². The monoisotopic (exact) mass is 415 g/mol. The summed E-state index contributed by atoms with van der Waals surface area (Å²) in [5.41, 5.74) is 11.8. The molecule has 4 aromatic rings. The van der Waals surface area contributed by atoms with Gasteiger partial charge in [-0.1, -0.05) is 0 Å². The molecule has 0 radical (unpaired) electrons. The number of nitrogens with zero attached hydrogens (tertiary/aromatic N) is 4. The molecule has 0 spiro atoms. The van der Waals surface area contributed by atoms with Gasteiger partial charge in [-0.15, -0.1) is 0 Å². The number of nitrogens with one attached hydrogen (secondary N) is 2. The zero-order valence-corrected chi connectivity index (χ0v) is 17.4. The normalized spacial score (nSPS) is 15.8. The number of H-pyrrole nitrogens is 1. The third-order valence-corrected chi connectivity index (χ3v) is 5.96. The first kappa shape index (κ1) is 19.6. The molecule has 0 aliphatic carbocycles. The molecule has 0 saturated carbocycles. The number of methoxy groups -OCH3 is 1. The number of rotatable bonds is 5. The summed E-state index contributed by atoms with van der Waals surface area (Å²) >= 11 is 0. The fourth-order valence-electron chi connectivity index (χ4n) is 4.23. The van der Waals surface area contributed by atoms with Crippen molar-refractivity contribution in [2.75, 3.05) is 20.2 Å². The molecule has 0 amide bonds. The first-order chi connectivity index (χ1) is 15.2. The molecule has 4 N–H and O–H groups in total. The predicted octanol–water partition coefficient (Wildman–Crippen LogP) is 3.09. The Balaban J connectivity index is 1.62. The van der Waals surface area contributed by atoms with Gasteiger partial charge in [0.15, 0.2) is 5.65 Å². The van der Waals surface area contributed by atoms with Gasteiger partial charge in [0, 0.05) is 23.5 Å². The van der Waals surface area contributed by atoms with E-state index in [1.165, 1.54) is 0 Å². The van der Waals surface area contributed by atoms with Crippen LogP contribution in [-0.4, -0.2) is 45.1 Å². The van der Waals surface area contributed by atoms with Gasteiger partial charge >= 0.3 is 0 Å². The highest BCUT2D eigenvalue weighted by atomic mass is 16.5. The van der Waals surface area contributed by atoms with Gasteiger partial charge in [-0.2, -0.15) is 0 Å². The van der Waals surface area contributed by atoms with E-state index in [4.69, 9.17) is 15.5 Å². The summed E-state index contributed by atoms with van der Waals surface area (Å²) in [7, 11) is 1.67. The van der Waals surface area contributed by atoms with Crippen molar-refractivity contribution in [2.45, 2.75) is 18.9 Å². The molecule has 1 fully saturated rings. The summed E-state index contributed by atoms with van der Waals surface area (Å²) in [6, 6.07) is 9.75. The largest absolute Gasteiger partial charge is 0.496 e. The number of nitrogens with two attached hydrogens (primary N) is 1. The van der Waals surface area contributed by atoms with Crippen molar-refractivity contribution in [1.82, 2.24) is 30.2 Å². The molecule has 0 bridgehead atoms. The Hall–Kier alpha value is -3.36. The lowest BCUT2D eigenvalue weighted by Gasteiger charge is -2.27. The van der Waals surface area contributed by atoms with Crippen LogP contribution in [0.2, 0.25) is 0 Å². The molecule has 8 nitrogen and oxygen atoms in total. The van der Waals surface area contributed by atoms with Crippen molar-refractivity contribution < 1.29 is 4.74 Å². The third-order valence-electron chi connectivity index (χ3n) is 5.96. The smallest absolute Gasteiger partial charge is 0.181 e. The molecule has 31 heavy (non-hydrogen) atoms. The molecule has 1 aliphatic heterocycles. The maximum absolute atomic E-state index is 6.63. The molecule has 4 heterocycles. The molecule has 1 unspecified atom stereocenters. The van der Waals surface area contributed by atoms with Crippen LogP contribution in [0.15, 0.2) is 49.1 Å². The minimum absolute atomic E-state index is 0.222. The maximum atomic E-state index is 6.63. The van der Waals surface area contributed by atoms with Gasteiger partial charge in [-0.3, -0.25) is 4.98 Å². The number of aromatic nitrogens is 5. The number of fused-ring (bicyclic) bond motifs is 1. The standard InChI is InChI=1S/C23H25N7O/c1-31-18-3-2-16(12-17(18)14-4-8-25-9-5-14)20-21-23(28-13-27-21)30-22(29-20)19(24)15-6-10-26-11-7-15/h2-5,8-9,12-13,15,19,26H,6-7,10-11,24H2,1H3,(H,27,28,29,30). The Bertz CT molecular complexity index is 1190. The average Bonchev–Trinajstić information content (AvgIpc) is 3.32. The zero-order chi connectivity index (χ0) is 21.2. The van der Waals surface area contributed by atoms with E-state index in [-0.39, 0.29) is 6.04 Å². The Kier molecular flexibility index (Phi) is 5.31. The SMILES string of the molecule is COc1ccc(-c2nc(C(N)C3CCNCC3)nc3nc[nH]c23)cc1-c1ccncc1. The lowest BCUT2D eigenvalue weighted by Crippen LogP contribution is -2.34. The maximum Gasteiger partial charge on any atom is 0.181 e. The highest BCUT2D eigenvalue weighted by Gasteiger charge is 2.25. The first-order valence-corrected chi connectivity index (χ1v) is 10.5. The number of benzene rings is 1. The number of imidazole rings is 1. The lowest BCUT2D eigenvalue weighted by molar-refractivity contribution is 0.314. The van der Waals surface area contributed by atoms with Crippen LogP contribution in [0, 0.1) is 5.92 Å². The third kappa shape index (κ3) is 3.75. The molecule has 5 rings (SSSR count). The molecule has 158 valence electrons. The van der Waals surface area contributed by atoms with Gasteiger partial charge in [-0.05, 0) is 67.7 Å². The fourth-order valence-corrected chi connectivity index (χ4v) is 4.23. The van der Waals surface area contributed by atoms with E-state index in [1.807, 2.05) is 24.3 Å². The highest BCUT2D eigenvalue weighted by Crippen LogP contribution is 2.36.